The third-order valence-electron chi connectivity index (χ3n) is 4.48. The van der Waals surface area contributed by atoms with E-state index >= 15 is 0 Å². The number of nitrogens with one attached hydrogen (secondary N) is 1. The van der Waals surface area contributed by atoms with E-state index in [4.69, 9.17) is 4.42 Å². The quantitative estimate of drug-likeness (QED) is 0.587. The standard InChI is InChI=1S/C21H19F3N2O4S/c1-26(14-15-4-8-17(9-5-15)21(22,23)24)20(27)16-6-10-19(11-7-16)31(28,29)25-13-18-3-2-12-30-18/h2-12,25H,13-14H2,1H3. The van der Waals surface area contributed by atoms with Crippen LogP contribution in [-0.2, 0) is 29.3 Å². The molecule has 0 aliphatic rings. The molecule has 164 valence electrons. The molecule has 1 N–H and O–H groups in total. The molecule has 1 aromatic heterocycles. The van der Waals surface area contributed by atoms with Gasteiger partial charge >= 0.3 is 6.18 Å². The van der Waals surface area contributed by atoms with E-state index < -0.39 is 27.7 Å². The van der Waals surface area contributed by atoms with Crippen LogP contribution in [0.15, 0.2) is 76.2 Å². The molecule has 0 aliphatic carbocycles. The van der Waals surface area contributed by atoms with E-state index in [0.29, 0.717) is 11.3 Å². The van der Waals surface area contributed by atoms with Gasteiger partial charge in [-0.25, -0.2) is 13.1 Å². The summed E-state index contributed by atoms with van der Waals surface area (Å²) in [5, 5.41) is 0. The molecule has 0 bridgehead atoms. The van der Waals surface area contributed by atoms with Crippen LogP contribution in [0.5, 0.6) is 0 Å². The second-order valence-electron chi connectivity index (χ2n) is 6.78. The fourth-order valence-electron chi connectivity index (χ4n) is 2.80. The average Bonchev–Trinajstić information content (AvgIpc) is 3.25. The fraction of sp³-hybridized carbons (Fsp3) is 0.190. The number of hydrogen-bond donors (Lipinski definition) is 1. The van der Waals surface area contributed by atoms with Gasteiger partial charge in [-0.3, -0.25) is 4.79 Å². The average molecular weight is 452 g/mol. The third-order valence-corrected chi connectivity index (χ3v) is 5.89. The number of furan rings is 1. The first kappa shape index (κ1) is 22.6. The molecule has 1 amide bonds. The number of nitrogens with zero attached hydrogens (tertiary/aromatic N) is 1. The van der Waals surface area contributed by atoms with E-state index in [-0.39, 0.29) is 23.5 Å². The first-order chi connectivity index (χ1) is 14.6. The number of benzene rings is 2. The molecule has 0 saturated carbocycles. The maximum Gasteiger partial charge on any atom is 0.416 e. The zero-order valence-corrected chi connectivity index (χ0v) is 17.2. The molecular weight excluding hydrogens is 433 g/mol. The number of amides is 1. The van der Waals surface area contributed by atoms with E-state index in [2.05, 4.69) is 4.72 Å². The topological polar surface area (TPSA) is 79.6 Å². The Balaban J connectivity index is 1.63. The Labute approximate surface area is 177 Å². The summed E-state index contributed by atoms with van der Waals surface area (Å²) >= 11 is 0. The first-order valence-corrected chi connectivity index (χ1v) is 10.6. The zero-order chi connectivity index (χ0) is 22.6. The number of rotatable bonds is 7. The van der Waals surface area contributed by atoms with Gasteiger partial charge in [0.15, 0.2) is 0 Å². The van der Waals surface area contributed by atoms with Crippen molar-refractivity contribution in [3.8, 4) is 0 Å². The van der Waals surface area contributed by atoms with Gasteiger partial charge in [-0.05, 0) is 54.1 Å². The number of hydrogen-bond acceptors (Lipinski definition) is 4. The largest absolute Gasteiger partial charge is 0.468 e. The van der Waals surface area contributed by atoms with Crippen LogP contribution in [0.25, 0.3) is 0 Å². The fourth-order valence-corrected chi connectivity index (χ4v) is 3.80. The summed E-state index contributed by atoms with van der Waals surface area (Å²) in [6.07, 6.45) is -2.99. The monoisotopic (exact) mass is 452 g/mol. The van der Waals surface area contributed by atoms with Crippen molar-refractivity contribution in [2.75, 3.05) is 7.05 Å². The molecule has 0 saturated heterocycles. The van der Waals surface area contributed by atoms with Crippen molar-refractivity contribution in [2.24, 2.45) is 0 Å². The number of carbonyl (C=O) groups excluding carboxylic acids is 1. The van der Waals surface area contributed by atoms with Crippen molar-refractivity contribution in [3.63, 3.8) is 0 Å². The highest BCUT2D eigenvalue weighted by molar-refractivity contribution is 7.89. The van der Waals surface area contributed by atoms with Crippen LogP contribution in [0.4, 0.5) is 13.2 Å². The Morgan fingerprint density at radius 2 is 1.68 bits per heavy atom. The smallest absolute Gasteiger partial charge is 0.416 e. The molecular formula is C21H19F3N2O4S. The first-order valence-electron chi connectivity index (χ1n) is 9.10. The lowest BCUT2D eigenvalue weighted by atomic mass is 10.1. The minimum absolute atomic E-state index is 0.00805. The number of carbonyl (C=O) groups is 1. The molecule has 0 spiro atoms. The molecule has 0 atom stereocenters. The van der Waals surface area contributed by atoms with Crippen LogP contribution in [0.1, 0.15) is 27.2 Å². The third kappa shape index (κ3) is 5.74. The number of alkyl halides is 3. The van der Waals surface area contributed by atoms with Crippen LogP contribution in [0.3, 0.4) is 0 Å². The van der Waals surface area contributed by atoms with Crippen molar-refractivity contribution in [3.05, 3.63) is 89.4 Å². The Morgan fingerprint density at radius 1 is 1.03 bits per heavy atom. The van der Waals surface area contributed by atoms with Crippen molar-refractivity contribution >= 4 is 15.9 Å². The van der Waals surface area contributed by atoms with Crippen LogP contribution in [0, 0.1) is 0 Å². The summed E-state index contributed by atoms with van der Waals surface area (Å²) in [5.74, 6) is 0.0626. The summed E-state index contributed by atoms with van der Waals surface area (Å²) in [6, 6.07) is 13.2. The van der Waals surface area contributed by atoms with Gasteiger partial charge in [0.25, 0.3) is 5.91 Å². The number of sulfonamides is 1. The SMILES string of the molecule is CN(Cc1ccc(C(F)(F)F)cc1)C(=O)c1ccc(S(=O)(=O)NCc2ccco2)cc1. The van der Waals surface area contributed by atoms with E-state index in [1.54, 1.807) is 12.1 Å². The van der Waals surface area contributed by atoms with Crippen molar-refractivity contribution in [1.29, 1.82) is 0 Å². The molecule has 0 fully saturated rings. The van der Waals surface area contributed by atoms with Gasteiger partial charge in [0.1, 0.15) is 5.76 Å². The van der Waals surface area contributed by atoms with Gasteiger partial charge in [0, 0.05) is 19.2 Å². The molecule has 2 aromatic carbocycles. The Morgan fingerprint density at radius 3 is 2.23 bits per heavy atom. The lowest BCUT2D eigenvalue weighted by Gasteiger charge is -2.18. The molecule has 1 heterocycles. The highest BCUT2D eigenvalue weighted by Gasteiger charge is 2.30. The molecule has 10 heteroatoms. The molecule has 0 radical (unpaired) electrons. The normalized spacial score (nSPS) is 12.0. The minimum Gasteiger partial charge on any atom is -0.468 e. The summed E-state index contributed by atoms with van der Waals surface area (Å²) in [6.45, 7) is 0.0909. The molecule has 6 nitrogen and oxygen atoms in total. The van der Waals surface area contributed by atoms with Crippen LogP contribution in [-0.4, -0.2) is 26.3 Å². The van der Waals surface area contributed by atoms with Crippen molar-refractivity contribution < 1.29 is 30.8 Å². The maximum absolute atomic E-state index is 12.7. The van der Waals surface area contributed by atoms with E-state index in [0.717, 1.165) is 12.1 Å². The van der Waals surface area contributed by atoms with E-state index in [9.17, 15) is 26.4 Å². The molecule has 0 unspecified atom stereocenters. The zero-order valence-electron chi connectivity index (χ0n) is 16.4. The van der Waals surface area contributed by atoms with Crippen molar-refractivity contribution in [1.82, 2.24) is 9.62 Å². The maximum atomic E-state index is 12.7. The summed E-state index contributed by atoms with van der Waals surface area (Å²) in [4.78, 5) is 13.9. The van der Waals surface area contributed by atoms with Gasteiger partial charge in [0.05, 0.1) is 23.3 Å². The van der Waals surface area contributed by atoms with Gasteiger partial charge < -0.3 is 9.32 Å². The van der Waals surface area contributed by atoms with Crippen LogP contribution < -0.4 is 4.72 Å². The Hall–Kier alpha value is -3.11. The second-order valence-corrected chi connectivity index (χ2v) is 8.55. The summed E-state index contributed by atoms with van der Waals surface area (Å²) in [5.41, 5.74) is 0.0206. The van der Waals surface area contributed by atoms with Gasteiger partial charge in [-0.15, -0.1) is 0 Å². The molecule has 0 aliphatic heterocycles. The van der Waals surface area contributed by atoms with Crippen molar-refractivity contribution in [2.45, 2.75) is 24.2 Å². The van der Waals surface area contributed by atoms with Crippen LogP contribution >= 0.6 is 0 Å². The predicted molar refractivity (Wildman–Crippen MR) is 106 cm³/mol. The highest BCUT2D eigenvalue weighted by atomic mass is 32.2. The van der Waals surface area contributed by atoms with Gasteiger partial charge in [-0.2, -0.15) is 13.2 Å². The lowest BCUT2D eigenvalue weighted by Crippen LogP contribution is -2.26. The molecule has 3 aromatic rings. The highest BCUT2D eigenvalue weighted by Crippen LogP contribution is 2.29. The minimum atomic E-state index is -4.42. The summed E-state index contributed by atoms with van der Waals surface area (Å²) < 4.78 is 70.1. The number of halogens is 3. The van der Waals surface area contributed by atoms with Gasteiger partial charge in [0.2, 0.25) is 10.0 Å². The Bertz CT molecular complexity index is 1120. The molecule has 3 rings (SSSR count). The predicted octanol–water partition coefficient (Wildman–Crippen LogP) is 4.05. The summed E-state index contributed by atoms with van der Waals surface area (Å²) in [7, 11) is -2.28. The second kappa shape index (κ2) is 8.94. The lowest BCUT2D eigenvalue weighted by molar-refractivity contribution is -0.137. The van der Waals surface area contributed by atoms with E-state index in [1.165, 1.54) is 54.6 Å². The Kier molecular flexibility index (Phi) is 6.51. The van der Waals surface area contributed by atoms with Gasteiger partial charge in [-0.1, -0.05) is 12.1 Å². The van der Waals surface area contributed by atoms with Crippen LogP contribution in [0.2, 0.25) is 0 Å². The molecule has 31 heavy (non-hydrogen) atoms. The van der Waals surface area contributed by atoms with E-state index in [1.807, 2.05) is 0 Å².